The van der Waals surface area contributed by atoms with E-state index >= 15 is 0 Å². The van der Waals surface area contributed by atoms with Crippen molar-refractivity contribution in [1.29, 1.82) is 0 Å². The molecule has 1 aromatic rings. The highest BCUT2D eigenvalue weighted by molar-refractivity contribution is 5.76. The normalized spacial score (nSPS) is 20.7. The fraction of sp³-hybridized carbons (Fsp3) is 0.632. The van der Waals surface area contributed by atoms with Crippen molar-refractivity contribution in [2.45, 2.75) is 38.8 Å². The largest absolute Gasteiger partial charge is 0.392 e. The fourth-order valence-electron chi connectivity index (χ4n) is 3.22. The number of amides is 1. The van der Waals surface area contributed by atoms with Crippen LogP contribution in [0.2, 0.25) is 0 Å². The third-order valence-electron chi connectivity index (χ3n) is 4.58. The molecule has 1 fully saturated rings. The van der Waals surface area contributed by atoms with Crippen LogP contribution < -0.4 is 5.32 Å². The molecular weight excluding hydrogens is 302 g/mol. The molecule has 2 unspecified atom stereocenters. The van der Waals surface area contributed by atoms with Gasteiger partial charge in [-0.05, 0) is 25.8 Å². The Morgan fingerprint density at radius 1 is 1.33 bits per heavy atom. The third-order valence-corrected chi connectivity index (χ3v) is 4.58. The maximum absolute atomic E-state index is 12.0. The lowest BCUT2D eigenvalue weighted by molar-refractivity contribution is -0.121. The van der Waals surface area contributed by atoms with Gasteiger partial charge in [0, 0.05) is 51.7 Å². The molecule has 1 heterocycles. The van der Waals surface area contributed by atoms with E-state index in [-0.39, 0.29) is 12.0 Å². The number of rotatable bonds is 8. The monoisotopic (exact) mass is 333 g/mol. The molecule has 1 aliphatic rings. The summed E-state index contributed by atoms with van der Waals surface area (Å²) in [7, 11) is 0. The number of aliphatic hydroxyl groups excluding tert-OH is 1. The highest BCUT2D eigenvalue weighted by Crippen LogP contribution is 2.10. The van der Waals surface area contributed by atoms with E-state index < -0.39 is 0 Å². The molecule has 0 aliphatic carbocycles. The molecule has 134 valence electrons. The molecule has 5 heteroatoms. The summed E-state index contributed by atoms with van der Waals surface area (Å²) in [6.45, 7) is 9.15. The van der Waals surface area contributed by atoms with Crippen molar-refractivity contribution >= 4 is 5.91 Å². The second-order valence-electron chi connectivity index (χ2n) is 6.83. The second-order valence-corrected chi connectivity index (χ2v) is 6.83. The number of nitrogens with zero attached hydrogens (tertiary/aromatic N) is 2. The quantitative estimate of drug-likeness (QED) is 0.749. The lowest BCUT2D eigenvalue weighted by Gasteiger charge is -2.40. The minimum Gasteiger partial charge on any atom is -0.392 e. The lowest BCUT2D eigenvalue weighted by atomic mass is 10.1. The van der Waals surface area contributed by atoms with Crippen molar-refractivity contribution in [3.05, 3.63) is 35.9 Å². The Labute approximate surface area is 145 Å². The number of hydrogen-bond donors (Lipinski definition) is 2. The number of carbonyl (C=O) groups excluding carboxylic acids is 1. The van der Waals surface area contributed by atoms with E-state index in [1.54, 1.807) is 0 Å². The van der Waals surface area contributed by atoms with Crippen LogP contribution in [0.25, 0.3) is 0 Å². The second kappa shape index (κ2) is 9.77. The molecule has 0 bridgehead atoms. The standard InChI is InChI=1S/C19H31N3O2/c1-16-14-21(12-13-22(16)15-17(2)23)11-9-19(24)20-10-8-18-6-4-3-5-7-18/h3-7,16-17,23H,8-15H2,1-2H3,(H,20,24). The van der Waals surface area contributed by atoms with Crippen LogP contribution in [0.3, 0.4) is 0 Å². The average Bonchev–Trinajstić information content (AvgIpc) is 2.56. The summed E-state index contributed by atoms with van der Waals surface area (Å²) in [5, 5.41) is 12.5. The number of benzene rings is 1. The molecule has 2 N–H and O–H groups in total. The Hall–Kier alpha value is -1.43. The number of β-amino-alcohol motifs (C(OH)–C–C–N with tert-alkyl or cyclic N) is 1. The molecule has 0 radical (unpaired) electrons. The van der Waals surface area contributed by atoms with Crippen LogP contribution in [-0.4, -0.2) is 72.2 Å². The van der Waals surface area contributed by atoms with E-state index in [9.17, 15) is 9.90 Å². The third kappa shape index (κ3) is 6.59. The molecule has 1 amide bonds. The first-order valence-corrected chi connectivity index (χ1v) is 8.99. The maximum atomic E-state index is 12.0. The summed E-state index contributed by atoms with van der Waals surface area (Å²) >= 11 is 0. The number of aliphatic hydroxyl groups is 1. The van der Waals surface area contributed by atoms with Gasteiger partial charge >= 0.3 is 0 Å². The summed E-state index contributed by atoms with van der Waals surface area (Å²) in [6.07, 6.45) is 1.15. The van der Waals surface area contributed by atoms with Crippen molar-refractivity contribution in [3.63, 3.8) is 0 Å². The Morgan fingerprint density at radius 3 is 2.75 bits per heavy atom. The molecule has 24 heavy (non-hydrogen) atoms. The molecule has 0 aromatic heterocycles. The summed E-state index contributed by atoms with van der Waals surface area (Å²) in [6, 6.07) is 10.6. The molecule has 0 saturated carbocycles. The van der Waals surface area contributed by atoms with Gasteiger partial charge in [0.15, 0.2) is 0 Å². The van der Waals surface area contributed by atoms with Crippen molar-refractivity contribution in [1.82, 2.24) is 15.1 Å². The number of hydrogen-bond acceptors (Lipinski definition) is 4. The Kier molecular flexibility index (Phi) is 7.69. The molecule has 1 aliphatic heterocycles. The molecule has 5 nitrogen and oxygen atoms in total. The first-order chi connectivity index (χ1) is 11.5. The minimum atomic E-state index is -0.283. The van der Waals surface area contributed by atoms with Gasteiger partial charge in [-0.2, -0.15) is 0 Å². The van der Waals surface area contributed by atoms with Crippen LogP contribution in [-0.2, 0) is 11.2 Å². The molecule has 2 rings (SSSR count). The van der Waals surface area contributed by atoms with E-state index in [1.807, 2.05) is 25.1 Å². The number of nitrogens with one attached hydrogen (secondary N) is 1. The van der Waals surface area contributed by atoms with Gasteiger partial charge in [-0.25, -0.2) is 0 Å². The van der Waals surface area contributed by atoms with Crippen molar-refractivity contribution in [3.8, 4) is 0 Å². The van der Waals surface area contributed by atoms with Gasteiger partial charge in [0.05, 0.1) is 6.10 Å². The Morgan fingerprint density at radius 2 is 2.08 bits per heavy atom. The summed E-state index contributed by atoms with van der Waals surface area (Å²) in [5.74, 6) is 0.130. The van der Waals surface area contributed by atoms with Crippen LogP contribution in [0.4, 0.5) is 0 Å². The van der Waals surface area contributed by atoms with Crippen molar-refractivity contribution < 1.29 is 9.90 Å². The first kappa shape index (κ1) is 18.9. The van der Waals surface area contributed by atoms with E-state index in [2.05, 4.69) is 34.2 Å². The molecular formula is C19H31N3O2. The molecule has 1 aromatic carbocycles. The van der Waals surface area contributed by atoms with Gasteiger partial charge in [0.1, 0.15) is 0 Å². The highest BCUT2D eigenvalue weighted by atomic mass is 16.3. The predicted octanol–water partition coefficient (Wildman–Crippen LogP) is 1.12. The van der Waals surface area contributed by atoms with Gasteiger partial charge in [0.25, 0.3) is 0 Å². The lowest BCUT2D eigenvalue weighted by Crippen LogP contribution is -2.53. The molecule has 2 atom stereocenters. The zero-order valence-corrected chi connectivity index (χ0v) is 14.9. The summed E-state index contributed by atoms with van der Waals surface area (Å²) in [5.41, 5.74) is 1.25. The van der Waals surface area contributed by atoms with Crippen molar-refractivity contribution in [2.24, 2.45) is 0 Å². The number of piperazine rings is 1. The fourth-order valence-corrected chi connectivity index (χ4v) is 3.22. The minimum absolute atomic E-state index is 0.130. The van der Waals surface area contributed by atoms with E-state index in [0.717, 1.165) is 39.1 Å². The zero-order chi connectivity index (χ0) is 17.4. The molecule has 1 saturated heterocycles. The van der Waals surface area contributed by atoms with E-state index in [1.165, 1.54) is 5.56 Å². The van der Waals surface area contributed by atoms with Gasteiger partial charge in [-0.1, -0.05) is 30.3 Å². The first-order valence-electron chi connectivity index (χ1n) is 8.99. The van der Waals surface area contributed by atoms with Gasteiger partial charge in [-0.3, -0.25) is 9.69 Å². The van der Waals surface area contributed by atoms with Crippen LogP contribution in [0, 0.1) is 0 Å². The Balaban J connectivity index is 1.60. The zero-order valence-electron chi connectivity index (χ0n) is 14.9. The smallest absolute Gasteiger partial charge is 0.221 e. The Bertz CT molecular complexity index is 493. The van der Waals surface area contributed by atoms with Gasteiger partial charge < -0.3 is 15.3 Å². The van der Waals surface area contributed by atoms with Crippen LogP contribution in [0.5, 0.6) is 0 Å². The predicted molar refractivity (Wildman–Crippen MR) is 96.9 cm³/mol. The summed E-state index contributed by atoms with van der Waals surface area (Å²) in [4.78, 5) is 16.7. The SMILES string of the molecule is CC(O)CN1CCN(CCC(=O)NCCc2ccccc2)CC1C. The summed E-state index contributed by atoms with van der Waals surface area (Å²) < 4.78 is 0. The highest BCUT2D eigenvalue weighted by Gasteiger charge is 2.24. The van der Waals surface area contributed by atoms with Crippen LogP contribution >= 0.6 is 0 Å². The molecule has 0 spiro atoms. The topological polar surface area (TPSA) is 55.8 Å². The van der Waals surface area contributed by atoms with Gasteiger partial charge in [0.2, 0.25) is 5.91 Å². The van der Waals surface area contributed by atoms with Gasteiger partial charge in [-0.15, -0.1) is 0 Å². The van der Waals surface area contributed by atoms with E-state index in [4.69, 9.17) is 0 Å². The maximum Gasteiger partial charge on any atom is 0.221 e. The van der Waals surface area contributed by atoms with Crippen LogP contribution in [0.1, 0.15) is 25.8 Å². The average molecular weight is 333 g/mol. The van der Waals surface area contributed by atoms with Crippen LogP contribution in [0.15, 0.2) is 30.3 Å². The van der Waals surface area contributed by atoms with E-state index in [0.29, 0.717) is 19.0 Å². The number of carbonyl (C=O) groups is 1. The van der Waals surface area contributed by atoms with Crippen molar-refractivity contribution in [2.75, 3.05) is 39.3 Å².